The van der Waals surface area contributed by atoms with Crippen LogP contribution in [0.1, 0.15) is 45.3 Å². The van der Waals surface area contributed by atoms with Gasteiger partial charge in [-0.1, -0.05) is 30.3 Å². The molecule has 0 saturated carbocycles. The Kier molecular flexibility index (Phi) is 5.55. The molecule has 124 valence electrons. The van der Waals surface area contributed by atoms with Crippen LogP contribution in [0.2, 0.25) is 0 Å². The van der Waals surface area contributed by atoms with Crippen molar-refractivity contribution in [1.29, 1.82) is 0 Å². The molecule has 2 atom stereocenters. The normalized spacial score (nSPS) is 14.3. The summed E-state index contributed by atoms with van der Waals surface area (Å²) in [4.78, 5) is 16.2. The van der Waals surface area contributed by atoms with Gasteiger partial charge >= 0.3 is 0 Å². The van der Waals surface area contributed by atoms with E-state index in [1.165, 1.54) is 5.56 Å². The maximum atomic E-state index is 12.3. The molecule has 0 aliphatic heterocycles. The molecule has 5 heteroatoms. The number of carbonyl (C=O) groups is 1. The maximum absolute atomic E-state index is 12.3. The van der Waals surface area contributed by atoms with Gasteiger partial charge in [0.05, 0.1) is 6.33 Å². The van der Waals surface area contributed by atoms with Gasteiger partial charge in [0.25, 0.3) is 0 Å². The van der Waals surface area contributed by atoms with Gasteiger partial charge in [-0.3, -0.25) is 4.79 Å². The highest BCUT2D eigenvalue weighted by atomic mass is 16.2. The van der Waals surface area contributed by atoms with Crippen LogP contribution >= 0.6 is 0 Å². The van der Waals surface area contributed by atoms with Crippen LogP contribution in [0.25, 0.3) is 0 Å². The van der Waals surface area contributed by atoms with E-state index >= 15 is 0 Å². The van der Waals surface area contributed by atoms with Crippen LogP contribution in [0.5, 0.6) is 0 Å². The average molecular weight is 314 g/mol. The molecule has 2 aromatic rings. The van der Waals surface area contributed by atoms with E-state index in [-0.39, 0.29) is 23.5 Å². The van der Waals surface area contributed by atoms with Gasteiger partial charge in [-0.2, -0.15) is 0 Å². The Labute approximate surface area is 138 Å². The Bertz CT molecular complexity index is 607. The van der Waals surface area contributed by atoms with Crippen molar-refractivity contribution in [3.8, 4) is 0 Å². The first-order valence-electron chi connectivity index (χ1n) is 7.97. The molecule has 23 heavy (non-hydrogen) atoms. The highest BCUT2D eigenvalue weighted by Gasteiger charge is 2.23. The van der Waals surface area contributed by atoms with Crippen LogP contribution in [-0.2, 0) is 4.79 Å². The second-order valence-corrected chi connectivity index (χ2v) is 6.56. The fraction of sp³-hybridized carbons (Fsp3) is 0.444. The summed E-state index contributed by atoms with van der Waals surface area (Å²) in [6, 6.07) is 10.2. The number of rotatable bonds is 7. The third-order valence-corrected chi connectivity index (χ3v) is 3.96. The van der Waals surface area contributed by atoms with E-state index < -0.39 is 0 Å². The molecule has 2 N–H and O–H groups in total. The van der Waals surface area contributed by atoms with E-state index in [1.807, 2.05) is 25.1 Å². The first kappa shape index (κ1) is 17.2. The number of carbonyl (C=O) groups excluding carboxylic acids is 1. The summed E-state index contributed by atoms with van der Waals surface area (Å²) >= 11 is 0. The number of nitrogens with zero attached hydrogens (tertiary/aromatic N) is 2. The third kappa shape index (κ3) is 4.93. The summed E-state index contributed by atoms with van der Waals surface area (Å²) in [5.41, 5.74) is 1.03. The van der Waals surface area contributed by atoms with E-state index in [4.69, 9.17) is 0 Å². The molecule has 0 spiro atoms. The molecule has 5 nitrogen and oxygen atoms in total. The molecular formula is C18H26N4O. The molecule has 0 unspecified atom stereocenters. The number of aromatic nitrogens is 2. The number of amides is 1. The largest absolute Gasteiger partial charge is 0.352 e. The van der Waals surface area contributed by atoms with Gasteiger partial charge in [0.2, 0.25) is 5.91 Å². The lowest BCUT2D eigenvalue weighted by Crippen LogP contribution is -2.50. The summed E-state index contributed by atoms with van der Waals surface area (Å²) in [7, 11) is 0. The molecule has 0 aliphatic carbocycles. The molecule has 0 fully saturated rings. The van der Waals surface area contributed by atoms with Gasteiger partial charge in [-0.15, -0.1) is 0 Å². The summed E-state index contributed by atoms with van der Waals surface area (Å²) in [6.45, 7) is 8.74. The summed E-state index contributed by atoms with van der Waals surface area (Å²) in [5.74, 6) is -0.00904. The summed E-state index contributed by atoms with van der Waals surface area (Å²) in [5, 5.41) is 6.59. The van der Waals surface area contributed by atoms with Crippen LogP contribution < -0.4 is 10.6 Å². The minimum Gasteiger partial charge on any atom is -0.352 e. The van der Waals surface area contributed by atoms with E-state index in [1.54, 1.807) is 23.3 Å². The lowest BCUT2D eigenvalue weighted by Gasteiger charge is -2.31. The Hall–Kier alpha value is -2.14. The van der Waals surface area contributed by atoms with Crippen molar-refractivity contribution < 1.29 is 4.79 Å². The maximum Gasteiger partial charge on any atom is 0.242 e. The Morgan fingerprint density at radius 2 is 1.96 bits per heavy atom. The Morgan fingerprint density at radius 3 is 2.57 bits per heavy atom. The monoisotopic (exact) mass is 314 g/mol. The molecule has 0 bridgehead atoms. The van der Waals surface area contributed by atoms with Crippen LogP contribution in [0.4, 0.5) is 0 Å². The van der Waals surface area contributed by atoms with Crippen molar-refractivity contribution in [3.63, 3.8) is 0 Å². The van der Waals surface area contributed by atoms with Crippen molar-refractivity contribution in [1.82, 2.24) is 20.2 Å². The topological polar surface area (TPSA) is 58.9 Å². The third-order valence-electron chi connectivity index (χ3n) is 3.96. The molecule has 1 aromatic heterocycles. The zero-order valence-corrected chi connectivity index (χ0v) is 14.3. The van der Waals surface area contributed by atoms with Crippen LogP contribution in [0.15, 0.2) is 49.1 Å². The molecule has 1 heterocycles. The predicted octanol–water partition coefficient (Wildman–Crippen LogP) is 2.69. The lowest BCUT2D eigenvalue weighted by molar-refractivity contribution is -0.124. The zero-order chi connectivity index (χ0) is 16.9. The first-order chi connectivity index (χ1) is 10.9. The highest BCUT2D eigenvalue weighted by molar-refractivity contribution is 5.79. The van der Waals surface area contributed by atoms with Gasteiger partial charge in [0.1, 0.15) is 6.04 Å². The summed E-state index contributed by atoms with van der Waals surface area (Å²) in [6.07, 6.45) is 5.13. The smallest absolute Gasteiger partial charge is 0.242 e. The lowest BCUT2D eigenvalue weighted by atomic mass is 10.0. The minimum absolute atomic E-state index is 0.00904. The number of imidazole rings is 1. The van der Waals surface area contributed by atoms with E-state index in [0.29, 0.717) is 6.54 Å². The second kappa shape index (κ2) is 7.42. The number of hydrogen-bond acceptors (Lipinski definition) is 3. The Balaban J connectivity index is 1.87. The second-order valence-electron chi connectivity index (χ2n) is 6.56. The van der Waals surface area contributed by atoms with Crippen LogP contribution in [0.3, 0.4) is 0 Å². The highest BCUT2D eigenvalue weighted by Crippen LogP contribution is 2.16. The van der Waals surface area contributed by atoms with Crippen molar-refractivity contribution in [2.24, 2.45) is 0 Å². The molecule has 0 radical (unpaired) electrons. The first-order valence-corrected chi connectivity index (χ1v) is 7.97. The van der Waals surface area contributed by atoms with Gasteiger partial charge < -0.3 is 15.2 Å². The van der Waals surface area contributed by atoms with Gasteiger partial charge in [0.15, 0.2) is 0 Å². The number of hydrogen-bond donors (Lipinski definition) is 2. The van der Waals surface area contributed by atoms with Crippen molar-refractivity contribution >= 4 is 5.91 Å². The Morgan fingerprint density at radius 1 is 1.26 bits per heavy atom. The fourth-order valence-corrected chi connectivity index (χ4v) is 2.55. The molecule has 1 amide bonds. The van der Waals surface area contributed by atoms with Crippen LogP contribution in [0, 0.1) is 0 Å². The quantitative estimate of drug-likeness (QED) is 0.826. The number of benzene rings is 1. The zero-order valence-electron chi connectivity index (χ0n) is 14.3. The predicted molar refractivity (Wildman–Crippen MR) is 92.0 cm³/mol. The van der Waals surface area contributed by atoms with Crippen molar-refractivity contribution in [2.45, 2.75) is 45.3 Å². The number of nitrogens with one attached hydrogen (secondary N) is 2. The molecule has 1 aromatic carbocycles. The van der Waals surface area contributed by atoms with E-state index in [9.17, 15) is 4.79 Å². The average Bonchev–Trinajstić information content (AvgIpc) is 3.07. The van der Waals surface area contributed by atoms with E-state index in [0.717, 1.165) is 0 Å². The molecule has 2 rings (SSSR count). The van der Waals surface area contributed by atoms with Gasteiger partial charge in [-0.05, 0) is 33.3 Å². The molecular weight excluding hydrogens is 288 g/mol. The summed E-state index contributed by atoms with van der Waals surface area (Å²) < 4.78 is 1.79. The SMILES string of the molecule is C[C@H](NC(C)(C)CNC(=O)[C@H](C)n1ccnc1)c1ccccc1. The molecule has 0 saturated heterocycles. The minimum atomic E-state index is -0.264. The van der Waals surface area contributed by atoms with Crippen LogP contribution in [-0.4, -0.2) is 27.5 Å². The van der Waals surface area contributed by atoms with Crippen molar-refractivity contribution in [3.05, 3.63) is 54.6 Å². The van der Waals surface area contributed by atoms with Gasteiger partial charge in [-0.25, -0.2) is 4.98 Å². The van der Waals surface area contributed by atoms with Crippen molar-refractivity contribution in [2.75, 3.05) is 6.54 Å². The van der Waals surface area contributed by atoms with E-state index in [2.05, 4.69) is 48.5 Å². The molecule has 0 aliphatic rings. The van der Waals surface area contributed by atoms with Gasteiger partial charge in [0, 0.05) is 30.5 Å². The standard InChI is InChI=1S/C18H26N4O/c1-14(16-8-6-5-7-9-16)21-18(3,4)12-20-17(23)15(2)22-11-10-19-13-22/h5-11,13-15,21H,12H2,1-4H3,(H,20,23)/t14-,15-/m0/s1. The fourth-order valence-electron chi connectivity index (χ4n) is 2.55.